The van der Waals surface area contributed by atoms with E-state index in [0.717, 1.165) is 12.2 Å². The molecule has 16 heavy (non-hydrogen) atoms. The van der Waals surface area contributed by atoms with Crippen molar-refractivity contribution in [3.05, 3.63) is 25.3 Å². The predicted octanol–water partition coefficient (Wildman–Crippen LogP) is -1.19. The fraction of sp³-hybridized carbons (Fsp3) is 0.222. The Morgan fingerprint density at radius 2 is 1.19 bits per heavy atom. The monoisotopic (exact) mass is 226 g/mol. The summed E-state index contributed by atoms with van der Waals surface area (Å²) in [6.07, 6.45) is 2.17. The van der Waals surface area contributed by atoms with E-state index < -0.39 is 6.03 Å². The van der Waals surface area contributed by atoms with Crippen LogP contribution in [0.3, 0.4) is 0 Å². The SMILES string of the molecule is C=CC(=O)NCNC(=O)NCNC(=O)C=C. The summed E-state index contributed by atoms with van der Waals surface area (Å²) in [5.74, 6) is -0.777. The molecule has 0 atom stereocenters. The largest absolute Gasteiger partial charge is 0.335 e. The maximum absolute atomic E-state index is 11.0. The van der Waals surface area contributed by atoms with Crippen molar-refractivity contribution in [2.45, 2.75) is 0 Å². The van der Waals surface area contributed by atoms with Crippen molar-refractivity contribution in [1.29, 1.82) is 0 Å². The number of hydrogen-bond acceptors (Lipinski definition) is 3. The van der Waals surface area contributed by atoms with Crippen molar-refractivity contribution in [3.8, 4) is 0 Å². The first-order valence-corrected chi connectivity index (χ1v) is 4.42. The van der Waals surface area contributed by atoms with Crippen molar-refractivity contribution >= 4 is 17.8 Å². The van der Waals surface area contributed by atoms with Gasteiger partial charge in [0.15, 0.2) is 0 Å². The van der Waals surface area contributed by atoms with Gasteiger partial charge in [-0.15, -0.1) is 0 Å². The summed E-state index contributed by atoms with van der Waals surface area (Å²) in [5, 5.41) is 9.35. The van der Waals surface area contributed by atoms with E-state index in [-0.39, 0.29) is 25.2 Å². The zero-order valence-electron chi connectivity index (χ0n) is 8.71. The molecule has 7 heteroatoms. The number of carbonyl (C=O) groups excluding carboxylic acids is 3. The number of rotatable bonds is 6. The molecule has 0 aromatic rings. The van der Waals surface area contributed by atoms with Gasteiger partial charge in [-0.1, -0.05) is 13.2 Å². The first-order valence-electron chi connectivity index (χ1n) is 4.42. The lowest BCUT2D eigenvalue weighted by atomic mass is 10.6. The van der Waals surface area contributed by atoms with Crippen LogP contribution in [0.2, 0.25) is 0 Å². The second-order valence-electron chi connectivity index (χ2n) is 2.53. The predicted molar refractivity (Wildman–Crippen MR) is 58.1 cm³/mol. The minimum absolute atomic E-state index is 0.0217. The van der Waals surface area contributed by atoms with Gasteiger partial charge in [0.1, 0.15) is 0 Å². The Morgan fingerprint density at radius 3 is 1.50 bits per heavy atom. The summed E-state index contributed by atoms with van der Waals surface area (Å²) < 4.78 is 0. The number of urea groups is 1. The molecule has 7 nitrogen and oxygen atoms in total. The summed E-state index contributed by atoms with van der Waals surface area (Å²) in [4.78, 5) is 32.3. The molecule has 0 heterocycles. The molecule has 88 valence electrons. The first-order chi connectivity index (χ1) is 7.60. The average molecular weight is 226 g/mol. The van der Waals surface area contributed by atoms with Gasteiger partial charge >= 0.3 is 6.03 Å². The Morgan fingerprint density at radius 1 is 0.812 bits per heavy atom. The molecule has 0 aromatic heterocycles. The highest BCUT2D eigenvalue weighted by molar-refractivity contribution is 5.87. The molecule has 0 spiro atoms. The van der Waals surface area contributed by atoms with Crippen LogP contribution in [0.25, 0.3) is 0 Å². The van der Waals surface area contributed by atoms with Crippen LogP contribution in [-0.4, -0.2) is 31.2 Å². The Labute approximate surface area is 93.0 Å². The lowest BCUT2D eigenvalue weighted by Gasteiger charge is -2.07. The van der Waals surface area contributed by atoms with Crippen LogP contribution in [0.5, 0.6) is 0 Å². The average Bonchev–Trinajstić information content (AvgIpc) is 2.28. The van der Waals surface area contributed by atoms with Crippen molar-refractivity contribution in [3.63, 3.8) is 0 Å². The van der Waals surface area contributed by atoms with Crippen LogP contribution in [0.1, 0.15) is 0 Å². The number of carbonyl (C=O) groups is 3. The molecule has 0 saturated carbocycles. The van der Waals surface area contributed by atoms with Gasteiger partial charge in [0, 0.05) is 0 Å². The third-order valence-corrected chi connectivity index (χ3v) is 1.39. The highest BCUT2D eigenvalue weighted by Crippen LogP contribution is 1.67. The fourth-order valence-electron chi connectivity index (χ4n) is 0.630. The first kappa shape index (κ1) is 13.7. The highest BCUT2D eigenvalue weighted by atomic mass is 16.2. The van der Waals surface area contributed by atoms with Gasteiger partial charge in [0.25, 0.3) is 0 Å². The smallest absolute Gasteiger partial charge is 0.317 e. The van der Waals surface area contributed by atoms with Crippen molar-refractivity contribution in [1.82, 2.24) is 21.3 Å². The summed E-state index contributed by atoms with van der Waals surface area (Å²) in [7, 11) is 0. The van der Waals surface area contributed by atoms with Gasteiger partial charge in [-0.3, -0.25) is 9.59 Å². The maximum atomic E-state index is 11.0. The molecule has 0 fully saturated rings. The summed E-state index contributed by atoms with van der Waals surface area (Å²) in [5.41, 5.74) is 0. The Balaban J connectivity index is 3.52. The van der Waals surface area contributed by atoms with E-state index in [4.69, 9.17) is 0 Å². The Hall–Kier alpha value is -2.31. The third-order valence-electron chi connectivity index (χ3n) is 1.39. The van der Waals surface area contributed by atoms with E-state index in [1.54, 1.807) is 0 Å². The molecule has 0 bridgehead atoms. The summed E-state index contributed by atoms with van der Waals surface area (Å²) in [6.45, 7) is 6.44. The quantitative estimate of drug-likeness (QED) is 0.338. The fourth-order valence-corrected chi connectivity index (χ4v) is 0.630. The second-order valence-corrected chi connectivity index (χ2v) is 2.53. The Kier molecular flexibility index (Phi) is 6.88. The molecule has 0 radical (unpaired) electrons. The zero-order chi connectivity index (χ0) is 12.4. The van der Waals surface area contributed by atoms with E-state index >= 15 is 0 Å². The standard InChI is InChI=1S/C9H14N4O3/c1-3-7(14)10-5-12-9(16)13-6-11-8(15)4-2/h3-4H,1-2,5-6H2,(H,10,14)(H,11,15)(H2,12,13,16). The molecule has 0 aliphatic carbocycles. The molecule has 0 rings (SSSR count). The van der Waals surface area contributed by atoms with Gasteiger partial charge in [-0.2, -0.15) is 0 Å². The van der Waals surface area contributed by atoms with Gasteiger partial charge in [0.05, 0.1) is 13.3 Å². The topological polar surface area (TPSA) is 99.3 Å². The highest BCUT2D eigenvalue weighted by Gasteiger charge is 1.99. The van der Waals surface area contributed by atoms with Crippen LogP contribution in [-0.2, 0) is 9.59 Å². The molecule has 0 aromatic carbocycles. The van der Waals surface area contributed by atoms with E-state index in [0.29, 0.717) is 0 Å². The maximum Gasteiger partial charge on any atom is 0.317 e. The summed E-state index contributed by atoms with van der Waals surface area (Å²) in [6, 6.07) is -0.520. The normalized spacial score (nSPS) is 8.50. The third kappa shape index (κ3) is 7.13. The van der Waals surface area contributed by atoms with Crippen LogP contribution >= 0.6 is 0 Å². The van der Waals surface area contributed by atoms with Crippen LogP contribution in [0.15, 0.2) is 25.3 Å². The number of amides is 4. The lowest BCUT2D eigenvalue weighted by molar-refractivity contribution is -0.117. The molecule has 4 N–H and O–H groups in total. The van der Waals surface area contributed by atoms with Crippen molar-refractivity contribution < 1.29 is 14.4 Å². The van der Waals surface area contributed by atoms with Gasteiger partial charge < -0.3 is 21.3 Å². The van der Waals surface area contributed by atoms with Gasteiger partial charge in [-0.25, -0.2) is 4.79 Å². The number of hydrogen-bond donors (Lipinski definition) is 4. The molecule has 4 amide bonds. The molecular weight excluding hydrogens is 212 g/mol. The molecule has 0 unspecified atom stereocenters. The van der Waals surface area contributed by atoms with E-state index in [1.165, 1.54) is 0 Å². The van der Waals surface area contributed by atoms with Crippen LogP contribution < -0.4 is 21.3 Å². The Bertz CT molecular complexity index is 273. The molecule has 0 aliphatic rings. The van der Waals surface area contributed by atoms with Gasteiger partial charge in [-0.05, 0) is 12.2 Å². The zero-order valence-corrected chi connectivity index (χ0v) is 8.71. The van der Waals surface area contributed by atoms with Crippen LogP contribution in [0.4, 0.5) is 4.79 Å². The van der Waals surface area contributed by atoms with Crippen molar-refractivity contribution in [2.75, 3.05) is 13.3 Å². The minimum atomic E-state index is -0.520. The summed E-state index contributed by atoms with van der Waals surface area (Å²) >= 11 is 0. The number of nitrogens with one attached hydrogen (secondary N) is 4. The van der Waals surface area contributed by atoms with E-state index in [9.17, 15) is 14.4 Å². The molecular formula is C9H14N4O3. The second kappa shape index (κ2) is 8.04. The van der Waals surface area contributed by atoms with Gasteiger partial charge in [0.2, 0.25) is 11.8 Å². The van der Waals surface area contributed by atoms with E-state index in [1.807, 2.05) is 0 Å². The molecule has 0 aliphatic heterocycles. The van der Waals surface area contributed by atoms with Crippen LogP contribution in [0, 0.1) is 0 Å². The van der Waals surface area contributed by atoms with E-state index in [2.05, 4.69) is 34.4 Å². The molecule has 0 saturated heterocycles. The van der Waals surface area contributed by atoms with Crippen molar-refractivity contribution in [2.24, 2.45) is 0 Å². The lowest BCUT2D eigenvalue weighted by Crippen LogP contribution is -2.45. The minimum Gasteiger partial charge on any atom is -0.335 e.